The molecule has 4 nitrogen and oxygen atoms in total. The number of fused-ring (bicyclic) bond motifs is 1. The SMILES string of the molecule is Cc1ccccc1N1C[C@@H](c2nc3ccccc3n2Cc2ccc(C(C)C)cc2)CC1=O. The average Bonchev–Trinajstić information content (AvgIpc) is 3.35. The first kappa shape index (κ1) is 20.5. The van der Waals surface area contributed by atoms with Crippen molar-refractivity contribution in [3.8, 4) is 0 Å². The zero-order valence-corrected chi connectivity index (χ0v) is 19.0. The van der Waals surface area contributed by atoms with Crippen LogP contribution in [0.5, 0.6) is 0 Å². The van der Waals surface area contributed by atoms with E-state index < -0.39 is 0 Å². The zero-order valence-electron chi connectivity index (χ0n) is 19.0. The third-order valence-corrected chi connectivity index (χ3v) is 6.57. The molecule has 1 amide bonds. The molecule has 4 aromatic rings. The highest BCUT2D eigenvalue weighted by Gasteiger charge is 2.35. The van der Waals surface area contributed by atoms with Crippen LogP contribution in [0.3, 0.4) is 0 Å². The maximum Gasteiger partial charge on any atom is 0.227 e. The molecule has 1 aliphatic rings. The molecule has 0 bridgehead atoms. The predicted molar refractivity (Wildman–Crippen MR) is 130 cm³/mol. The molecule has 0 spiro atoms. The van der Waals surface area contributed by atoms with Gasteiger partial charge in [-0.25, -0.2) is 4.98 Å². The fraction of sp³-hybridized carbons (Fsp3) is 0.286. The Morgan fingerprint density at radius 1 is 0.969 bits per heavy atom. The molecule has 1 atom stereocenters. The summed E-state index contributed by atoms with van der Waals surface area (Å²) in [4.78, 5) is 19.9. The Hall–Kier alpha value is -3.40. The molecular weight excluding hydrogens is 394 g/mol. The number of aryl methyl sites for hydroxylation is 1. The minimum Gasteiger partial charge on any atom is -0.323 e. The minimum atomic E-state index is 0.0736. The van der Waals surface area contributed by atoms with Crippen LogP contribution in [0.25, 0.3) is 11.0 Å². The standard InChI is InChI=1S/C28H29N3O/c1-19(2)22-14-12-21(13-15-22)17-31-26-11-7-5-9-24(26)29-28(31)23-16-27(32)30(18-23)25-10-6-4-8-20(25)3/h4-15,19,23H,16-18H2,1-3H3/t23-/m0/s1. The van der Waals surface area contributed by atoms with Crippen LogP contribution < -0.4 is 4.90 Å². The highest BCUT2D eigenvalue weighted by Crippen LogP contribution is 2.34. The fourth-order valence-electron chi connectivity index (χ4n) is 4.74. The van der Waals surface area contributed by atoms with Crippen LogP contribution >= 0.6 is 0 Å². The van der Waals surface area contributed by atoms with Crippen molar-refractivity contribution >= 4 is 22.6 Å². The number of hydrogen-bond donors (Lipinski definition) is 0. The lowest BCUT2D eigenvalue weighted by Gasteiger charge is -2.19. The number of imidazole rings is 1. The smallest absolute Gasteiger partial charge is 0.227 e. The van der Waals surface area contributed by atoms with Gasteiger partial charge in [0.2, 0.25) is 5.91 Å². The van der Waals surface area contributed by atoms with Crippen LogP contribution in [-0.4, -0.2) is 22.0 Å². The predicted octanol–water partition coefficient (Wildman–Crippen LogP) is 6.04. The molecule has 1 saturated heterocycles. The van der Waals surface area contributed by atoms with Crippen molar-refractivity contribution in [3.63, 3.8) is 0 Å². The van der Waals surface area contributed by atoms with Crippen molar-refractivity contribution in [2.45, 2.75) is 45.6 Å². The summed E-state index contributed by atoms with van der Waals surface area (Å²) in [6.45, 7) is 7.91. The van der Waals surface area contributed by atoms with Crippen LogP contribution in [-0.2, 0) is 11.3 Å². The van der Waals surface area contributed by atoms with Gasteiger partial charge in [0.25, 0.3) is 0 Å². The van der Waals surface area contributed by atoms with E-state index in [1.54, 1.807) is 0 Å². The Morgan fingerprint density at radius 3 is 2.44 bits per heavy atom. The second kappa shape index (κ2) is 8.27. The molecule has 162 valence electrons. The number of anilines is 1. The molecule has 32 heavy (non-hydrogen) atoms. The van der Waals surface area contributed by atoms with Crippen molar-refractivity contribution in [2.75, 3.05) is 11.4 Å². The van der Waals surface area contributed by atoms with Gasteiger partial charge < -0.3 is 9.47 Å². The van der Waals surface area contributed by atoms with Crippen LogP contribution in [0.4, 0.5) is 5.69 Å². The van der Waals surface area contributed by atoms with Gasteiger partial charge in [-0.2, -0.15) is 0 Å². The van der Waals surface area contributed by atoms with E-state index in [0.29, 0.717) is 18.9 Å². The quantitative estimate of drug-likeness (QED) is 0.393. The number of carbonyl (C=O) groups excluding carboxylic acids is 1. The van der Waals surface area contributed by atoms with E-state index >= 15 is 0 Å². The molecule has 4 heteroatoms. The van der Waals surface area contributed by atoms with Crippen molar-refractivity contribution < 1.29 is 4.79 Å². The van der Waals surface area contributed by atoms with Gasteiger partial charge in [0.15, 0.2) is 0 Å². The Balaban J connectivity index is 1.50. The van der Waals surface area contributed by atoms with Gasteiger partial charge in [0.05, 0.1) is 11.0 Å². The molecule has 0 unspecified atom stereocenters. The summed E-state index contributed by atoms with van der Waals surface area (Å²) in [6, 6.07) is 25.3. The highest BCUT2D eigenvalue weighted by molar-refractivity contribution is 5.97. The number of para-hydroxylation sites is 3. The Kier molecular flexibility index (Phi) is 5.30. The van der Waals surface area contributed by atoms with Gasteiger partial charge in [0.1, 0.15) is 5.82 Å². The molecular formula is C28H29N3O. The largest absolute Gasteiger partial charge is 0.323 e. The Bertz CT molecular complexity index is 1270. The zero-order chi connectivity index (χ0) is 22.2. The van der Waals surface area contributed by atoms with Crippen LogP contribution in [0, 0.1) is 6.92 Å². The third-order valence-electron chi connectivity index (χ3n) is 6.57. The van der Waals surface area contributed by atoms with Gasteiger partial charge in [-0.3, -0.25) is 4.79 Å². The Morgan fingerprint density at radius 2 is 1.69 bits per heavy atom. The van der Waals surface area contributed by atoms with Crippen LogP contribution in [0.1, 0.15) is 54.6 Å². The first-order chi connectivity index (χ1) is 15.5. The van der Waals surface area contributed by atoms with Crippen LogP contribution in [0.2, 0.25) is 0 Å². The number of hydrogen-bond acceptors (Lipinski definition) is 2. The molecule has 0 N–H and O–H groups in total. The third kappa shape index (κ3) is 3.70. The van der Waals surface area contributed by atoms with Gasteiger partial charge in [-0.05, 0) is 47.7 Å². The van der Waals surface area contributed by atoms with Gasteiger partial charge in [0, 0.05) is 31.1 Å². The van der Waals surface area contributed by atoms with Crippen molar-refractivity contribution in [1.29, 1.82) is 0 Å². The number of amides is 1. The molecule has 1 aliphatic heterocycles. The summed E-state index contributed by atoms with van der Waals surface area (Å²) < 4.78 is 2.30. The highest BCUT2D eigenvalue weighted by atomic mass is 16.2. The molecule has 5 rings (SSSR count). The van der Waals surface area contributed by atoms with Gasteiger partial charge >= 0.3 is 0 Å². The van der Waals surface area contributed by atoms with E-state index in [2.05, 4.69) is 73.9 Å². The molecule has 2 heterocycles. The normalized spacial score (nSPS) is 16.4. The summed E-state index contributed by atoms with van der Waals surface area (Å²) in [5.74, 6) is 1.77. The van der Waals surface area contributed by atoms with Crippen molar-refractivity contribution in [3.05, 3.63) is 95.3 Å². The lowest BCUT2D eigenvalue weighted by Crippen LogP contribution is -2.25. The topological polar surface area (TPSA) is 38.1 Å². The van der Waals surface area contributed by atoms with Gasteiger partial charge in [-0.1, -0.05) is 68.4 Å². The van der Waals surface area contributed by atoms with Gasteiger partial charge in [-0.15, -0.1) is 0 Å². The second-order valence-corrected chi connectivity index (χ2v) is 9.13. The van der Waals surface area contributed by atoms with E-state index in [-0.39, 0.29) is 11.8 Å². The second-order valence-electron chi connectivity index (χ2n) is 9.13. The minimum absolute atomic E-state index is 0.0736. The van der Waals surface area contributed by atoms with Crippen molar-refractivity contribution in [1.82, 2.24) is 9.55 Å². The Labute approximate surface area is 189 Å². The van der Waals surface area contributed by atoms with Crippen molar-refractivity contribution in [2.24, 2.45) is 0 Å². The number of aromatic nitrogens is 2. The number of rotatable bonds is 5. The van der Waals surface area contributed by atoms with E-state index in [9.17, 15) is 4.79 Å². The number of nitrogens with zero attached hydrogens (tertiary/aromatic N) is 3. The number of benzene rings is 3. The monoisotopic (exact) mass is 423 g/mol. The van der Waals surface area contributed by atoms with E-state index in [1.807, 2.05) is 29.2 Å². The summed E-state index contributed by atoms with van der Waals surface area (Å²) in [6.07, 6.45) is 0.490. The molecule has 0 radical (unpaired) electrons. The summed E-state index contributed by atoms with van der Waals surface area (Å²) >= 11 is 0. The lowest BCUT2D eigenvalue weighted by molar-refractivity contribution is -0.117. The molecule has 1 fully saturated rings. The van der Waals surface area contributed by atoms with Crippen LogP contribution in [0.15, 0.2) is 72.8 Å². The first-order valence-electron chi connectivity index (χ1n) is 11.4. The molecule has 0 aliphatic carbocycles. The first-order valence-corrected chi connectivity index (χ1v) is 11.4. The molecule has 3 aromatic carbocycles. The van der Waals surface area contributed by atoms with E-state index in [4.69, 9.17) is 4.98 Å². The molecule has 0 saturated carbocycles. The summed E-state index contributed by atoms with van der Waals surface area (Å²) in [5, 5.41) is 0. The molecule has 1 aromatic heterocycles. The van der Waals surface area contributed by atoms with E-state index in [0.717, 1.165) is 34.7 Å². The maximum absolute atomic E-state index is 13.0. The fourth-order valence-corrected chi connectivity index (χ4v) is 4.74. The summed E-state index contributed by atoms with van der Waals surface area (Å²) in [5.41, 5.74) is 6.84. The average molecular weight is 424 g/mol. The van der Waals surface area contributed by atoms with E-state index in [1.165, 1.54) is 11.1 Å². The summed E-state index contributed by atoms with van der Waals surface area (Å²) in [7, 11) is 0. The number of carbonyl (C=O) groups is 1. The lowest BCUT2D eigenvalue weighted by atomic mass is 10.0. The maximum atomic E-state index is 13.0.